The van der Waals surface area contributed by atoms with Crippen molar-refractivity contribution >= 4 is 21.4 Å². The molecule has 0 bridgehead atoms. The van der Waals surface area contributed by atoms with Gasteiger partial charge in [0.1, 0.15) is 12.4 Å². The van der Waals surface area contributed by atoms with Gasteiger partial charge in [0.2, 0.25) is 5.91 Å². The molecule has 0 aliphatic carbocycles. The van der Waals surface area contributed by atoms with Crippen molar-refractivity contribution in [2.75, 3.05) is 45.0 Å². The van der Waals surface area contributed by atoms with Crippen LogP contribution in [0.1, 0.15) is 12.8 Å². The molecule has 7 nitrogen and oxygen atoms in total. The lowest BCUT2D eigenvalue weighted by Crippen LogP contribution is -2.55. The Kier molecular flexibility index (Phi) is 6.20. The third-order valence-electron chi connectivity index (χ3n) is 4.20. The van der Waals surface area contributed by atoms with Crippen LogP contribution in [0.25, 0.3) is 0 Å². The van der Waals surface area contributed by atoms with Crippen molar-refractivity contribution in [3.05, 3.63) is 24.3 Å². The highest BCUT2D eigenvalue weighted by atomic mass is 32.2. The number of hydrogen-bond donors (Lipinski definition) is 2. The standard InChI is InChI=1S/C16H24N2O5S/c1-22-11-12-23-14-5-3-13(4-6-14)18-15(19)16(24(2,20)21)7-9-17-10-8-16/h3-6,17H,7-12H2,1-2H3,(H,18,19). The number of carbonyl (C=O) groups is 1. The number of hydrogen-bond acceptors (Lipinski definition) is 6. The van der Waals surface area contributed by atoms with Gasteiger partial charge in [-0.25, -0.2) is 8.42 Å². The van der Waals surface area contributed by atoms with Gasteiger partial charge < -0.3 is 20.1 Å². The maximum absolute atomic E-state index is 12.7. The Balaban J connectivity index is 2.07. The lowest BCUT2D eigenvalue weighted by Gasteiger charge is -2.34. The summed E-state index contributed by atoms with van der Waals surface area (Å²) in [5, 5.41) is 5.82. The number of amides is 1. The molecule has 0 aromatic heterocycles. The van der Waals surface area contributed by atoms with Crippen molar-refractivity contribution in [2.24, 2.45) is 0 Å². The highest BCUT2D eigenvalue weighted by Crippen LogP contribution is 2.29. The summed E-state index contributed by atoms with van der Waals surface area (Å²) in [4.78, 5) is 12.7. The fraction of sp³-hybridized carbons (Fsp3) is 0.562. The first-order valence-corrected chi connectivity index (χ1v) is 9.72. The van der Waals surface area contributed by atoms with E-state index in [9.17, 15) is 13.2 Å². The van der Waals surface area contributed by atoms with Gasteiger partial charge in [0.25, 0.3) is 0 Å². The number of benzene rings is 1. The average molecular weight is 356 g/mol. The molecule has 1 aromatic carbocycles. The van der Waals surface area contributed by atoms with Crippen molar-refractivity contribution in [2.45, 2.75) is 17.6 Å². The maximum atomic E-state index is 12.7. The molecular weight excluding hydrogens is 332 g/mol. The van der Waals surface area contributed by atoms with Crippen LogP contribution in [-0.4, -0.2) is 58.7 Å². The number of rotatable bonds is 7. The van der Waals surface area contributed by atoms with E-state index in [4.69, 9.17) is 9.47 Å². The van der Waals surface area contributed by atoms with Gasteiger partial charge in [0, 0.05) is 19.1 Å². The smallest absolute Gasteiger partial charge is 0.245 e. The molecule has 1 amide bonds. The van der Waals surface area contributed by atoms with Crippen LogP contribution in [0.4, 0.5) is 5.69 Å². The number of piperidine rings is 1. The van der Waals surface area contributed by atoms with Gasteiger partial charge in [-0.1, -0.05) is 0 Å². The molecule has 0 radical (unpaired) electrons. The van der Waals surface area contributed by atoms with E-state index in [2.05, 4.69) is 10.6 Å². The Bertz CT molecular complexity index is 652. The lowest BCUT2D eigenvalue weighted by molar-refractivity contribution is -0.119. The molecule has 1 aliphatic rings. The summed E-state index contributed by atoms with van der Waals surface area (Å²) in [7, 11) is -1.92. The summed E-state index contributed by atoms with van der Waals surface area (Å²) in [5.74, 6) is 0.185. The van der Waals surface area contributed by atoms with Gasteiger partial charge >= 0.3 is 0 Å². The van der Waals surface area contributed by atoms with E-state index in [1.165, 1.54) is 0 Å². The SMILES string of the molecule is COCCOc1ccc(NC(=O)C2(S(C)(=O)=O)CCNCC2)cc1. The van der Waals surface area contributed by atoms with Crippen LogP contribution in [0.15, 0.2) is 24.3 Å². The van der Waals surface area contributed by atoms with Crippen molar-refractivity contribution in [1.82, 2.24) is 5.32 Å². The fourth-order valence-electron chi connectivity index (χ4n) is 2.72. The Morgan fingerprint density at radius 1 is 1.21 bits per heavy atom. The van der Waals surface area contributed by atoms with Gasteiger partial charge in [-0.3, -0.25) is 4.79 Å². The molecule has 1 saturated heterocycles. The summed E-state index contributed by atoms with van der Waals surface area (Å²) < 4.78 is 33.4. The van der Waals surface area contributed by atoms with Crippen LogP contribution in [0.3, 0.4) is 0 Å². The minimum Gasteiger partial charge on any atom is -0.491 e. The number of ether oxygens (including phenoxy) is 2. The van der Waals surface area contributed by atoms with Gasteiger partial charge in [0.15, 0.2) is 14.6 Å². The zero-order valence-electron chi connectivity index (χ0n) is 14.0. The quantitative estimate of drug-likeness (QED) is 0.703. The molecule has 0 atom stereocenters. The largest absolute Gasteiger partial charge is 0.491 e. The Morgan fingerprint density at radius 3 is 2.38 bits per heavy atom. The number of sulfone groups is 1. The van der Waals surface area contributed by atoms with Crippen LogP contribution in [0.2, 0.25) is 0 Å². The third-order valence-corrected chi connectivity index (χ3v) is 6.22. The van der Waals surface area contributed by atoms with E-state index in [-0.39, 0.29) is 12.8 Å². The van der Waals surface area contributed by atoms with Crippen LogP contribution in [0.5, 0.6) is 5.75 Å². The summed E-state index contributed by atoms with van der Waals surface area (Å²) in [5.41, 5.74) is 0.542. The predicted molar refractivity (Wildman–Crippen MR) is 92.1 cm³/mol. The fourth-order valence-corrected chi connectivity index (χ4v) is 4.05. The van der Waals surface area contributed by atoms with E-state index >= 15 is 0 Å². The van der Waals surface area contributed by atoms with E-state index in [0.717, 1.165) is 6.26 Å². The van der Waals surface area contributed by atoms with Gasteiger partial charge in [-0.05, 0) is 50.2 Å². The maximum Gasteiger partial charge on any atom is 0.245 e. The van der Waals surface area contributed by atoms with Crippen LogP contribution in [-0.2, 0) is 19.4 Å². The summed E-state index contributed by atoms with van der Waals surface area (Å²) in [6, 6.07) is 6.83. The van der Waals surface area contributed by atoms with Gasteiger partial charge in [-0.2, -0.15) is 0 Å². The first-order valence-electron chi connectivity index (χ1n) is 7.83. The molecule has 1 heterocycles. The number of anilines is 1. The zero-order chi connectivity index (χ0) is 17.6. The molecule has 1 fully saturated rings. The zero-order valence-corrected chi connectivity index (χ0v) is 14.8. The van der Waals surface area contributed by atoms with Crippen molar-refractivity contribution in [3.8, 4) is 5.75 Å². The van der Waals surface area contributed by atoms with Crippen LogP contribution < -0.4 is 15.4 Å². The van der Waals surface area contributed by atoms with E-state index < -0.39 is 20.5 Å². The molecular formula is C16H24N2O5S. The normalized spacial score (nSPS) is 17.2. The van der Waals surface area contributed by atoms with Crippen molar-refractivity contribution < 1.29 is 22.7 Å². The molecule has 0 saturated carbocycles. The van der Waals surface area contributed by atoms with Crippen LogP contribution >= 0.6 is 0 Å². The number of carbonyl (C=O) groups excluding carboxylic acids is 1. The lowest BCUT2D eigenvalue weighted by atomic mass is 9.95. The Labute approximate surface area is 142 Å². The second-order valence-corrected chi connectivity index (χ2v) is 8.16. The van der Waals surface area contributed by atoms with Crippen molar-refractivity contribution in [3.63, 3.8) is 0 Å². The third kappa shape index (κ3) is 4.25. The minimum absolute atomic E-state index is 0.274. The first-order chi connectivity index (χ1) is 11.4. The molecule has 134 valence electrons. The predicted octanol–water partition coefficient (Wildman–Crippen LogP) is 0.817. The highest BCUT2D eigenvalue weighted by Gasteiger charge is 2.48. The molecule has 2 N–H and O–H groups in total. The highest BCUT2D eigenvalue weighted by molar-refractivity contribution is 7.92. The number of nitrogens with one attached hydrogen (secondary N) is 2. The average Bonchev–Trinajstić information content (AvgIpc) is 2.56. The molecule has 1 aliphatic heterocycles. The molecule has 1 aromatic rings. The first kappa shape index (κ1) is 18.7. The second-order valence-electron chi connectivity index (χ2n) is 5.84. The van der Waals surface area contributed by atoms with E-state index in [1.807, 2.05) is 0 Å². The van der Waals surface area contributed by atoms with E-state index in [0.29, 0.717) is 37.7 Å². The molecule has 2 rings (SSSR count). The number of methoxy groups -OCH3 is 1. The minimum atomic E-state index is -3.52. The molecule has 0 unspecified atom stereocenters. The Morgan fingerprint density at radius 2 is 1.83 bits per heavy atom. The van der Waals surface area contributed by atoms with Gasteiger partial charge in [0.05, 0.1) is 6.61 Å². The topological polar surface area (TPSA) is 93.7 Å². The second kappa shape index (κ2) is 7.96. The van der Waals surface area contributed by atoms with Crippen molar-refractivity contribution in [1.29, 1.82) is 0 Å². The summed E-state index contributed by atoms with van der Waals surface area (Å²) >= 11 is 0. The Hall–Kier alpha value is -1.64. The monoisotopic (exact) mass is 356 g/mol. The summed E-state index contributed by atoms with van der Waals surface area (Å²) in [6.45, 7) is 1.94. The van der Waals surface area contributed by atoms with Gasteiger partial charge in [-0.15, -0.1) is 0 Å². The van der Waals surface area contributed by atoms with E-state index in [1.54, 1.807) is 31.4 Å². The molecule has 0 spiro atoms. The summed E-state index contributed by atoms with van der Waals surface area (Å²) in [6.07, 6.45) is 1.68. The molecule has 8 heteroatoms. The van der Waals surface area contributed by atoms with Crippen LogP contribution in [0, 0.1) is 0 Å². The molecule has 24 heavy (non-hydrogen) atoms.